The highest BCUT2D eigenvalue weighted by molar-refractivity contribution is 7.88. The van der Waals surface area contributed by atoms with Crippen molar-refractivity contribution in [2.75, 3.05) is 0 Å². The smallest absolute Gasteiger partial charge is 0.387 e. The van der Waals surface area contributed by atoms with Gasteiger partial charge in [0, 0.05) is 12.1 Å². The molecule has 0 bridgehead atoms. The largest absolute Gasteiger partial charge is 0.435 e. The zero-order valence-corrected chi connectivity index (χ0v) is 13.3. The van der Waals surface area contributed by atoms with Gasteiger partial charge in [0.05, 0.1) is 5.69 Å². The van der Waals surface area contributed by atoms with E-state index in [0.717, 1.165) is 0 Å². The summed E-state index contributed by atoms with van der Waals surface area (Å²) in [4.78, 5) is 0. The average molecular weight is 346 g/mol. The Morgan fingerprint density at radius 2 is 1.96 bits per heavy atom. The van der Waals surface area contributed by atoms with Gasteiger partial charge in [-0.15, -0.1) is 0 Å². The van der Waals surface area contributed by atoms with Crippen LogP contribution in [0.1, 0.15) is 30.0 Å². The highest BCUT2D eigenvalue weighted by Crippen LogP contribution is 2.20. The van der Waals surface area contributed by atoms with E-state index in [1.165, 1.54) is 24.3 Å². The Bertz CT molecular complexity index is 744. The van der Waals surface area contributed by atoms with Crippen LogP contribution in [0.5, 0.6) is 5.75 Å². The maximum atomic E-state index is 12.1. The van der Waals surface area contributed by atoms with E-state index in [4.69, 9.17) is 4.52 Å². The van der Waals surface area contributed by atoms with Crippen molar-refractivity contribution >= 4 is 10.0 Å². The molecule has 1 heterocycles. The highest BCUT2D eigenvalue weighted by atomic mass is 32.2. The predicted octanol–water partition coefficient (Wildman–Crippen LogP) is 2.77. The zero-order valence-electron chi connectivity index (χ0n) is 12.5. The Kier molecular flexibility index (Phi) is 5.32. The molecule has 6 nitrogen and oxygen atoms in total. The summed E-state index contributed by atoms with van der Waals surface area (Å²) >= 11 is 0. The second-order valence-electron chi connectivity index (χ2n) is 4.98. The SMILES string of the molecule is Cc1cc(CS(=O)(=O)NC(C)c2ccc(OC(F)F)cc2)on1. The van der Waals surface area contributed by atoms with Crippen molar-refractivity contribution in [1.29, 1.82) is 0 Å². The van der Waals surface area contributed by atoms with Crippen LogP contribution < -0.4 is 9.46 Å². The number of aryl methyl sites for hydroxylation is 1. The summed E-state index contributed by atoms with van der Waals surface area (Å²) in [5.41, 5.74) is 1.21. The Balaban J connectivity index is 2.01. The van der Waals surface area contributed by atoms with E-state index in [9.17, 15) is 17.2 Å². The van der Waals surface area contributed by atoms with Crippen LogP contribution in [0, 0.1) is 6.92 Å². The van der Waals surface area contributed by atoms with Gasteiger partial charge >= 0.3 is 6.61 Å². The van der Waals surface area contributed by atoms with Gasteiger partial charge in [-0.05, 0) is 31.5 Å². The topological polar surface area (TPSA) is 81.4 Å². The molecule has 23 heavy (non-hydrogen) atoms. The number of aromatic nitrogens is 1. The second kappa shape index (κ2) is 7.05. The first kappa shape index (κ1) is 17.4. The van der Waals surface area contributed by atoms with Crippen molar-refractivity contribution in [3.8, 4) is 5.75 Å². The fourth-order valence-corrected chi connectivity index (χ4v) is 3.26. The number of sulfonamides is 1. The van der Waals surface area contributed by atoms with Crippen molar-refractivity contribution in [2.45, 2.75) is 32.3 Å². The summed E-state index contributed by atoms with van der Waals surface area (Å²) in [6.45, 7) is 0.437. The molecule has 1 atom stereocenters. The van der Waals surface area contributed by atoms with E-state index in [1.54, 1.807) is 19.9 Å². The number of ether oxygens (including phenoxy) is 1. The van der Waals surface area contributed by atoms with Crippen LogP contribution in [-0.4, -0.2) is 20.2 Å². The lowest BCUT2D eigenvalue weighted by molar-refractivity contribution is -0.0498. The first-order valence-electron chi connectivity index (χ1n) is 6.72. The molecule has 1 aromatic carbocycles. The van der Waals surface area contributed by atoms with Gasteiger partial charge in [0.15, 0.2) is 5.76 Å². The normalized spacial score (nSPS) is 13.3. The van der Waals surface area contributed by atoms with E-state index in [2.05, 4.69) is 14.6 Å². The molecule has 0 radical (unpaired) electrons. The molecule has 9 heteroatoms. The van der Waals surface area contributed by atoms with Crippen molar-refractivity contribution in [2.24, 2.45) is 0 Å². The number of rotatable bonds is 7. The van der Waals surface area contributed by atoms with Crippen molar-refractivity contribution in [1.82, 2.24) is 9.88 Å². The van der Waals surface area contributed by atoms with Crippen LogP contribution in [-0.2, 0) is 15.8 Å². The molecule has 2 aromatic rings. The van der Waals surface area contributed by atoms with Crippen molar-refractivity contribution in [3.63, 3.8) is 0 Å². The molecule has 0 aliphatic carbocycles. The molecule has 2 rings (SSSR count). The molecule has 0 spiro atoms. The number of hydrogen-bond donors (Lipinski definition) is 1. The molecule has 0 amide bonds. The molecule has 0 aliphatic rings. The first-order valence-corrected chi connectivity index (χ1v) is 8.37. The summed E-state index contributed by atoms with van der Waals surface area (Å²) in [5.74, 6) is -0.0797. The fourth-order valence-electron chi connectivity index (χ4n) is 1.99. The minimum Gasteiger partial charge on any atom is -0.435 e. The predicted molar refractivity (Wildman–Crippen MR) is 78.5 cm³/mol. The Morgan fingerprint density at radius 1 is 1.30 bits per heavy atom. The maximum Gasteiger partial charge on any atom is 0.387 e. The number of hydrogen-bond acceptors (Lipinski definition) is 5. The fraction of sp³-hybridized carbons (Fsp3) is 0.357. The van der Waals surface area contributed by atoms with Gasteiger partial charge in [0.25, 0.3) is 0 Å². The number of benzene rings is 1. The summed E-state index contributed by atoms with van der Waals surface area (Å²) < 4.78 is 59.9. The Labute approximate surface area is 132 Å². The third-order valence-electron chi connectivity index (χ3n) is 2.97. The Hall–Kier alpha value is -2.00. The molecular weight excluding hydrogens is 330 g/mol. The molecule has 0 aliphatic heterocycles. The first-order chi connectivity index (χ1) is 10.7. The van der Waals surface area contributed by atoms with Crippen LogP contribution in [0.25, 0.3) is 0 Å². The highest BCUT2D eigenvalue weighted by Gasteiger charge is 2.19. The lowest BCUT2D eigenvalue weighted by Gasteiger charge is -2.14. The molecule has 0 saturated carbocycles. The zero-order chi connectivity index (χ0) is 17.0. The number of nitrogens with one attached hydrogen (secondary N) is 1. The minimum atomic E-state index is -3.63. The molecule has 1 N–H and O–H groups in total. The molecular formula is C14H16F2N2O4S. The van der Waals surface area contributed by atoms with Gasteiger partial charge in [-0.25, -0.2) is 13.1 Å². The molecule has 0 saturated heterocycles. The van der Waals surface area contributed by atoms with E-state index < -0.39 is 22.7 Å². The van der Waals surface area contributed by atoms with Crippen LogP contribution >= 0.6 is 0 Å². The summed E-state index contributed by atoms with van der Waals surface area (Å²) in [7, 11) is -3.63. The van der Waals surface area contributed by atoms with Gasteiger partial charge < -0.3 is 9.26 Å². The third kappa shape index (κ3) is 5.29. The monoisotopic (exact) mass is 346 g/mol. The number of nitrogens with zero attached hydrogens (tertiary/aromatic N) is 1. The summed E-state index contributed by atoms with van der Waals surface area (Å²) in [5, 5.41) is 3.63. The molecule has 0 fully saturated rings. The van der Waals surface area contributed by atoms with Crippen LogP contribution in [0.15, 0.2) is 34.9 Å². The van der Waals surface area contributed by atoms with Gasteiger partial charge in [0.2, 0.25) is 10.0 Å². The molecule has 126 valence electrons. The minimum absolute atomic E-state index is 0.0101. The van der Waals surface area contributed by atoms with Gasteiger partial charge in [-0.3, -0.25) is 0 Å². The average Bonchev–Trinajstić information content (AvgIpc) is 2.82. The standard InChI is InChI=1S/C14H16F2N2O4S/c1-9-7-13(22-17-9)8-23(19,20)18-10(2)11-3-5-12(6-4-11)21-14(15)16/h3-7,10,14,18H,8H2,1-2H3. The van der Waals surface area contributed by atoms with Gasteiger partial charge in [0.1, 0.15) is 11.5 Å². The number of halogens is 2. The summed E-state index contributed by atoms with van der Waals surface area (Å²) in [6, 6.07) is 6.75. The van der Waals surface area contributed by atoms with Crippen molar-refractivity contribution < 1.29 is 26.5 Å². The number of alkyl halides is 2. The van der Waals surface area contributed by atoms with E-state index in [1.807, 2.05) is 0 Å². The summed E-state index contributed by atoms with van der Waals surface area (Å²) in [6.07, 6.45) is 0. The lowest BCUT2D eigenvalue weighted by atomic mass is 10.1. The van der Waals surface area contributed by atoms with E-state index in [-0.39, 0.29) is 17.3 Å². The van der Waals surface area contributed by atoms with E-state index in [0.29, 0.717) is 11.3 Å². The van der Waals surface area contributed by atoms with Gasteiger partial charge in [-0.2, -0.15) is 8.78 Å². The molecule has 1 unspecified atom stereocenters. The Morgan fingerprint density at radius 3 is 2.48 bits per heavy atom. The van der Waals surface area contributed by atoms with Crippen LogP contribution in [0.2, 0.25) is 0 Å². The van der Waals surface area contributed by atoms with E-state index >= 15 is 0 Å². The lowest BCUT2D eigenvalue weighted by Crippen LogP contribution is -2.28. The molecule has 1 aromatic heterocycles. The third-order valence-corrected chi connectivity index (χ3v) is 4.35. The second-order valence-corrected chi connectivity index (χ2v) is 6.73. The quantitative estimate of drug-likeness (QED) is 0.834. The van der Waals surface area contributed by atoms with Crippen LogP contribution in [0.3, 0.4) is 0 Å². The van der Waals surface area contributed by atoms with Gasteiger partial charge in [-0.1, -0.05) is 17.3 Å². The van der Waals surface area contributed by atoms with Crippen molar-refractivity contribution in [3.05, 3.63) is 47.3 Å². The maximum absolute atomic E-state index is 12.1. The van der Waals surface area contributed by atoms with Crippen LogP contribution in [0.4, 0.5) is 8.78 Å².